The summed E-state index contributed by atoms with van der Waals surface area (Å²) < 4.78 is 0. The fourth-order valence-corrected chi connectivity index (χ4v) is 1.90. The van der Waals surface area contributed by atoms with Gasteiger partial charge in [-0.3, -0.25) is 0 Å². The molecule has 1 unspecified atom stereocenters. The van der Waals surface area contributed by atoms with Crippen LogP contribution < -0.4 is 5.32 Å². The van der Waals surface area contributed by atoms with E-state index in [-0.39, 0.29) is 4.95 Å². The number of hydrogen-bond donors (Lipinski definition) is 1. The lowest BCUT2D eigenvalue weighted by molar-refractivity contribution is 0.801. The molecule has 0 aliphatic carbocycles. The summed E-state index contributed by atoms with van der Waals surface area (Å²) in [5.74, 6) is 0. The first-order valence-corrected chi connectivity index (χ1v) is 5.37. The van der Waals surface area contributed by atoms with Crippen molar-refractivity contribution in [1.29, 1.82) is 0 Å². The first-order chi connectivity index (χ1) is 6.06. The van der Waals surface area contributed by atoms with Gasteiger partial charge in [-0.1, -0.05) is 28.1 Å². The molecule has 1 atom stereocenters. The molecule has 0 spiro atoms. The van der Waals surface area contributed by atoms with Crippen molar-refractivity contribution in [2.75, 3.05) is 7.05 Å². The molecule has 0 fully saturated rings. The van der Waals surface area contributed by atoms with E-state index in [1.807, 2.05) is 7.05 Å². The molecule has 0 bridgehead atoms. The van der Waals surface area contributed by atoms with Crippen LogP contribution in [0.4, 0.5) is 0 Å². The maximum absolute atomic E-state index is 3.58. The Morgan fingerprint density at radius 2 is 1.62 bits per heavy atom. The molecule has 1 rings (SSSR count). The van der Waals surface area contributed by atoms with E-state index in [0.717, 1.165) is 0 Å². The van der Waals surface area contributed by atoms with Crippen LogP contribution in [0.1, 0.15) is 27.2 Å². The SMILES string of the molecule is CNC(Br)c1cc(C)c(C)cc1C. The van der Waals surface area contributed by atoms with Crippen molar-refractivity contribution in [1.82, 2.24) is 5.32 Å². The second-order valence-corrected chi connectivity index (χ2v) is 4.36. The fraction of sp³-hybridized carbons (Fsp3) is 0.455. The molecule has 72 valence electrons. The summed E-state index contributed by atoms with van der Waals surface area (Å²) in [4.78, 5) is 0.256. The minimum Gasteiger partial charge on any atom is -0.304 e. The maximum atomic E-state index is 3.58. The van der Waals surface area contributed by atoms with E-state index in [4.69, 9.17) is 0 Å². The number of benzene rings is 1. The topological polar surface area (TPSA) is 12.0 Å². The normalized spacial score (nSPS) is 13.0. The third-order valence-corrected chi connectivity index (χ3v) is 3.36. The molecule has 0 aromatic heterocycles. The molecule has 0 saturated heterocycles. The molecule has 0 saturated carbocycles. The Bertz CT molecular complexity index is 307. The molecule has 1 nitrogen and oxygen atoms in total. The number of alkyl halides is 1. The zero-order chi connectivity index (χ0) is 10.0. The van der Waals surface area contributed by atoms with Crippen molar-refractivity contribution < 1.29 is 0 Å². The second kappa shape index (κ2) is 4.25. The van der Waals surface area contributed by atoms with Gasteiger partial charge in [-0.15, -0.1) is 0 Å². The molecule has 0 aliphatic heterocycles. The molecule has 0 amide bonds. The van der Waals surface area contributed by atoms with Crippen LogP contribution in [0, 0.1) is 20.8 Å². The van der Waals surface area contributed by atoms with Crippen molar-refractivity contribution in [3.8, 4) is 0 Å². The molecule has 0 aliphatic rings. The summed E-state index contributed by atoms with van der Waals surface area (Å²) in [7, 11) is 1.95. The van der Waals surface area contributed by atoms with Gasteiger partial charge in [0.1, 0.15) is 0 Å². The van der Waals surface area contributed by atoms with Gasteiger partial charge in [0.15, 0.2) is 0 Å². The number of halogens is 1. The highest BCUT2D eigenvalue weighted by atomic mass is 79.9. The standard InChI is InChI=1S/C11H16BrN/c1-7-5-9(3)10(6-8(7)2)11(12)13-4/h5-6,11,13H,1-4H3. The molecular weight excluding hydrogens is 226 g/mol. The van der Waals surface area contributed by atoms with Crippen molar-refractivity contribution in [2.45, 2.75) is 25.7 Å². The van der Waals surface area contributed by atoms with Crippen LogP contribution in [-0.4, -0.2) is 7.05 Å². The minimum atomic E-state index is 0.256. The van der Waals surface area contributed by atoms with E-state index < -0.39 is 0 Å². The van der Waals surface area contributed by atoms with Gasteiger partial charge in [0.25, 0.3) is 0 Å². The molecule has 0 radical (unpaired) electrons. The zero-order valence-corrected chi connectivity index (χ0v) is 10.2. The zero-order valence-electron chi connectivity index (χ0n) is 8.61. The Labute approximate surface area is 88.7 Å². The largest absolute Gasteiger partial charge is 0.304 e. The Kier molecular flexibility index (Phi) is 3.51. The first kappa shape index (κ1) is 10.7. The number of aryl methyl sites for hydroxylation is 3. The van der Waals surface area contributed by atoms with Crippen LogP contribution in [0.2, 0.25) is 0 Å². The molecule has 1 aromatic rings. The molecule has 0 heterocycles. The van der Waals surface area contributed by atoms with Crippen LogP contribution in [0.3, 0.4) is 0 Å². The lowest BCUT2D eigenvalue weighted by Gasteiger charge is -2.14. The summed E-state index contributed by atoms with van der Waals surface area (Å²) in [6.07, 6.45) is 0. The highest BCUT2D eigenvalue weighted by molar-refractivity contribution is 9.09. The highest BCUT2D eigenvalue weighted by Crippen LogP contribution is 2.25. The van der Waals surface area contributed by atoms with Gasteiger partial charge in [0.2, 0.25) is 0 Å². The molecule has 1 N–H and O–H groups in total. The average molecular weight is 242 g/mol. The third-order valence-electron chi connectivity index (χ3n) is 2.41. The Morgan fingerprint density at radius 3 is 2.15 bits per heavy atom. The smallest absolute Gasteiger partial charge is 0.0886 e. The summed E-state index contributed by atoms with van der Waals surface area (Å²) in [6, 6.07) is 4.47. The van der Waals surface area contributed by atoms with E-state index in [0.29, 0.717) is 0 Å². The van der Waals surface area contributed by atoms with E-state index in [1.165, 1.54) is 22.3 Å². The maximum Gasteiger partial charge on any atom is 0.0886 e. The fourth-order valence-electron chi connectivity index (χ4n) is 1.41. The van der Waals surface area contributed by atoms with E-state index in [1.54, 1.807) is 0 Å². The Hall–Kier alpha value is -0.340. The van der Waals surface area contributed by atoms with Gasteiger partial charge in [0.05, 0.1) is 4.95 Å². The molecule has 1 aromatic carbocycles. The van der Waals surface area contributed by atoms with Gasteiger partial charge in [0, 0.05) is 0 Å². The van der Waals surface area contributed by atoms with E-state index in [2.05, 4.69) is 54.2 Å². The predicted octanol–water partition coefficient (Wildman–Crippen LogP) is 3.22. The van der Waals surface area contributed by atoms with Gasteiger partial charge in [-0.25, -0.2) is 0 Å². The van der Waals surface area contributed by atoms with Gasteiger partial charge >= 0.3 is 0 Å². The van der Waals surface area contributed by atoms with Gasteiger partial charge in [-0.2, -0.15) is 0 Å². The van der Waals surface area contributed by atoms with Gasteiger partial charge < -0.3 is 5.32 Å². The molecule has 13 heavy (non-hydrogen) atoms. The van der Waals surface area contributed by atoms with Crippen LogP contribution in [-0.2, 0) is 0 Å². The molecule has 2 heteroatoms. The van der Waals surface area contributed by atoms with Crippen LogP contribution >= 0.6 is 15.9 Å². The van der Waals surface area contributed by atoms with Crippen molar-refractivity contribution >= 4 is 15.9 Å². The number of rotatable bonds is 2. The van der Waals surface area contributed by atoms with Crippen molar-refractivity contribution in [2.24, 2.45) is 0 Å². The minimum absolute atomic E-state index is 0.256. The Morgan fingerprint density at radius 1 is 1.08 bits per heavy atom. The first-order valence-electron chi connectivity index (χ1n) is 4.45. The Balaban J connectivity index is 3.15. The molecular formula is C11H16BrN. The lowest BCUT2D eigenvalue weighted by Crippen LogP contribution is -2.11. The number of hydrogen-bond acceptors (Lipinski definition) is 1. The number of nitrogens with one attached hydrogen (secondary N) is 1. The monoisotopic (exact) mass is 241 g/mol. The lowest BCUT2D eigenvalue weighted by atomic mass is 10.0. The summed E-state index contributed by atoms with van der Waals surface area (Å²) in [6.45, 7) is 6.44. The second-order valence-electron chi connectivity index (χ2n) is 3.44. The summed E-state index contributed by atoms with van der Waals surface area (Å²) in [5, 5.41) is 3.19. The van der Waals surface area contributed by atoms with Gasteiger partial charge in [-0.05, 0) is 50.1 Å². The van der Waals surface area contributed by atoms with Crippen LogP contribution in [0.25, 0.3) is 0 Å². The average Bonchev–Trinajstić information content (AvgIpc) is 2.10. The quantitative estimate of drug-likeness (QED) is 0.620. The van der Waals surface area contributed by atoms with Crippen molar-refractivity contribution in [3.05, 3.63) is 34.4 Å². The summed E-state index contributed by atoms with van der Waals surface area (Å²) in [5.41, 5.74) is 5.36. The highest BCUT2D eigenvalue weighted by Gasteiger charge is 2.08. The van der Waals surface area contributed by atoms with Crippen LogP contribution in [0.5, 0.6) is 0 Å². The predicted molar refractivity (Wildman–Crippen MR) is 61.4 cm³/mol. The summed E-state index contributed by atoms with van der Waals surface area (Å²) >= 11 is 3.58. The van der Waals surface area contributed by atoms with E-state index >= 15 is 0 Å². The van der Waals surface area contributed by atoms with E-state index in [9.17, 15) is 0 Å². The third kappa shape index (κ3) is 2.32. The van der Waals surface area contributed by atoms with Crippen LogP contribution in [0.15, 0.2) is 12.1 Å². The van der Waals surface area contributed by atoms with Crippen molar-refractivity contribution in [3.63, 3.8) is 0 Å².